The molecule has 1 aliphatic heterocycles. The average molecular weight is 200 g/mol. The maximum Gasteiger partial charge on any atom is 0.158 e. The Labute approximate surface area is 85.4 Å². The molecule has 2 rings (SSSR count). The van der Waals surface area contributed by atoms with E-state index in [1.807, 2.05) is 0 Å². The summed E-state index contributed by atoms with van der Waals surface area (Å²) in [4.78, 5) is 0. The van der Waals surface area contributed by atoms with E-state index < -0.39 is 0 Å². The van der Waals surface area contributed by atoms with Crippen LogP contribution >= 0.6 is 0 Å². The van der Waals surface area contributed by atoms with Gasteiger partial charge in [0.2, 0.25) is 0 Å². The maximum atomic E-state index is 8.94. The number of aliphatic hydroxyl groups is 1. The third-order valence-electron chi connectivity index (χ3n) is 3.25. The normalized spacial score (nSPS) is 43.3. The quantitative estimate of drug-likeness (QED) is 0.753. The molecule has 1 saturated heterocycles. The van der Waals surface area contributed by atoms with Gasteiger partial charge in [-0.2, -0.15) is 0 Å². The van der Waals surface area contributed by atoms with E-state index in [2.05, 4.69) is 6.92 Å². The Hall–Kier alpha value is -0.120. The number of hydrogen-bond donors (Lipinski definition) is 1. The number of hydrogen-bond acceptors (Lipinski definition) is 3. The van der Waals surface area contributed by atoms with Crippen LogP contribution in [0.4, 0.5) is 0 Å². The Bertz CT molecular complexity index is 181. The van der Waals surface area contributed by atoms with Crippen molar-refractivity contribution in [1.29, 1.82) is 0 Å². The van der Waals surface area contributed by atoms with E-state index in [0.717, 1.165) is 32.3 Å². The van der Waals surface area contributed by atoms with Crippen molar-refractivity contribution in [3.05, 3.63) is 0 Å². The summed E-state index contributed by atoms with van der Waals surface area (Å²) in [6.45, 7) is 3.26. The molecule has 1 heterocycles. The molecule has 82 valence electrons. The monoisotopic (exact) mass is 200 g/mol. The molecule has 0 spiro atoms. The fourth-order valence-corrected chi connectivity index (χ4v) is 2.51. The van der Waals surface area contributed by atoms with E-state index in [4.69, 9.17) is 14.6 Å². The first-order valence-corrected chi connectivity index (χ1v) is 5.62. The third-order valence-corrected chi connectivity index (χ3v) is 3.25. The van der Waals surface area contributed by atoms with Crippen LogP contribution in [0.5, 0.6) is 0 Å². The SMILES string of the molecule is CC1(OC2CCCCO2)CC(CO)C1. The van der Waals surface area contributed by atoms with Crippen molar-refractivity contribution in [1.82, 2.24) is 0 Å². The van der Waals surface area contributed by atoms with Crippen LogP contribution in [0.3, 0.4) is 0 Å². The van der Waals surface area contributed by atoms with Crippen molar-refractivity contribution in [3.63, 3.8) is 0 Å². The molecular formula is C11H20O3. The van der Waals surface area contributed by atoms with Gasteiger partial charge in [0.15, 0.2) is 6.29 Å². The fraction of sp³-hybridized carbons (Fsp3) is 1.00. The molecule has 2 fully saturated rings. The molecule has 0 radical (unpaired) electrons. The molecule has 1 N–H and O–H groups in total. The van der Waals surface area contributed by atoms with Crippen molar-refractivity contribution < 1.29 is 14.6 Å². The van der Waals surface area contributed by atoms with Crippen molar-refractivity contribution in [2.24, 2.45) is 5.92 Å². The van der Waals surface area contributed by atoms with Gasteiger partial charge in [-0.15, -0.1) is 0 Å². The lowest BCUT2D eigenvalue weighted by molar-refractivity contribution is -0.252. The second-order valence-corrected chi connectivity index (χ2v) is 4.82. The summed E-state index contributed by atoms with van der Waals surface area (Å²) >= 11 is 0. The Morgan fingerprint density at radius 2 is 2.21 bits per heavy atom. The molecule has 0 amide bonds. The third kappa shape index (κ3) is 2.27. The van der Waals surface area contributed by atoms with Crippen molar-refractivity contribution >= 4 is 0 Å². The minimum absolute atomic E-state index is 0.00777. The lowest BCUT2D eigenvalue weighted by Gasteiger charge is -2.46. The summed E-state index contributed by atoms with van der Waals surface area (Å²) in [5, 5.41) is 8.94. The van der Waals surface area contributed by atoms with Crippen LogP contribution in [0.1, 0.15) is 39.0 Å². The summed E-state index contributed by atoms with van der Waals surface area (Å²) in [6.07, 6.45) is 5.36. The zero-order chi connectivity index (χ0) is 10.0. The largest absolute Gasteiger partial charge is 0.396 e. The van der Waals surface area contributed by atoms with E-state index in [1.165, 1.54) is 6.42 Å². The molecule has 0 bridgehead atoms. The Morgan fingerprint density at radius 1 is 1.43 bits per heavy atom. The molecule has 1 atom stereocenters. The highest BCUT2D eigenvalue weighted by Crippen LogP contribution is 2.41. The van der Waals surface area contributed by atoms with Crippen LogP contribution in [0.25, 0.3) is 0 Å². The summed E-state index contributed by atoms with van der Waals surface area (Å²) in [5.74, 6) is 0.448. The predicted molar refractivity (Wildman–Crippen MR) is 52.9 cm³/mol. The van der Waals surface area contributed by atoms with Crippen LogP contribution in [-0.2, 0) is 9.47 Å². The summed E-state index contributed by atoms with van der Waals surface area (Å²) in [7, 11) is 0. The second kappa shape index (κ2) is 4.17. The van der Waals surface area contributed by atoms with Gasteiger partial charge in [-0.05, 0) is 44.9 Å². The smallest absolute Gasteiger partial charge is 0.158 e. The molecule has 14 heavy (non-hydrogen) atoms. The van der Waals surface area contributed by atoms with Gasteiger partial charge in [-0.3, -0.25) is 0 Å². The number of rotatable bonds is 3. The minimum Gasteiger partial charge on any atom is -0.396 e. The average Bonchev–Trinajstić information content (AvgIpc) is 2.15. The Balaban J connectivity index is 1.74. The minimum atomic E-state index is -0.0323. The number of ether oxygens (including phenoxy) is 2. The van der Waals surface area contributed by atoms with Gasteiger partial charge in [0, 0.05) is 13.2 Å². The summed E-state index contributed by atoms with van der Waals surface area (Å²) in [6, 6.07) is 0. The van der Waals surface area contributed by atoms with Gasteiger partial charge in [0.25, 0.3) is 0 Å². The van der Waals surface area contributed by atoms with Crippen molar-refractivity contribution in [2.75, 3.05) is 13.2 Å². The summed E-state index contributed by atoms with van der Waals surface area (Å²) in [5.41, 5.74) is -0.0323. The molecule has 1 aliphatic carbocycles. The van der Waals surface area contributed by atoms with E-state index in [-0.39, 0.29) is 11.9 Å². The topological polar surface area (TPSA) is 38.7 Å². The predicted octanol–water partition coefficient (Wildman–Crippen LogP) is 1.69. The van der Waals surface area contributed by atoms with E-state index in [9.17, 15) is 0 Å². The van der Waals surface area contributed by atoms with Crippen molar-refractivity contribution in [3.8, 4) is 0 Å². The van der Waals surface area contributed by atoms with E-state index in [0.29, 0.717) is 12.5 Å². The standard InChI is InChI=1S/C11H20O3/c1-11(6-9(7-11)8-12)14-10-4-2-3-5-13-10/h9-10,12H,2-8H2,1H3. The second-order valence-electron chi connectivity index (χ2n) is 4.82. The molecule has 1 saturated carbocycles. The van der Waals surface area contributed by atoms with Gasteiger partial charge >= 0.3 is 0 Å². The molecule has 1 unspecified atom stereocenters. The number of aliphatic hydroxyl groups excluding tert-OH is 1. The molecule has 3 nitrogen and oxygen atoms in total. The van der Waals surface area contributed by atoms with Gasteiger partial charge in [0.05, 0.1) is 5.60 Å². The van der Waals surface area contributed by atoms with E-state index >= 15 is 0 Å². The zero-order valence-electron chi connectivity index (χ0n) is 8.87. The van der Waals surface area contributed by atoms with Crippen LogP contribution in [-0.4, -0.2) is 30.2 Å². The van der Waals surface area contributed by atoms with E-state index in [1.54, 1.807) is 0 Å². The molecule has 0 aromatic heterocycles. The van der Waals surface area contributed by atoms with Gasteiger partial charge in [-0.1, -0.05) is 0 Å². The molecule has 0 aromatic carbocycles. The first kappa shape index (κ1) is 10.4. The molecule has 3 heteroatoms. The first-order valence-electron chi connectivity index (χ1n) is 5.62. The Morgan fingerprint density at radius 3 is 2.79 bits per heavy atom. The van der Waals surface area contributed by atoms with Crippen molar-refractivity contribution in [2.45, 2.75) is 50.9 Å². The lowest BCUT2D eigenvalue weighted by atomic mass is 9.72. The van der Waals surface area contributed by atoms with Gasteiger partial charge in [0.1, 0.15) is 0 Å². The summed E-state index contributed by atoms with van der Waals surface area (Å²) < 4.78 is 11.4. The Kier molecular flexibility index (Phi) is 3.10. The molecule has 2 aliphatic rings. The maximum absolute atomic E-state index is 8.94. The van der Waals surface area contributed by atoms with Crippen LogP contribution in [0.2, 0.25) is 0 Å². The fourth-order valence-electron chi connectivity index (χ4n) is 2.51. The van der Waals surface area contributed by atoms with Gasteiger partial charge in [-0.25, -0.2) is 0 Å². The lowest BCUT2D eigenvalue weighted by Crippen LogP contribution is -2.48. The highest BCUT2D eigenvalue weighted by molar-refractivity contribution is 4.92. The van der Waals surface area contributed by atoms with Crippen LogP contribution in [0, 0.1) is 5.92 Å². The zero-order valence-corrected chi connectivity index (χ0v) is 8.87. The first-order chi connectivity index (χ1) is 6.72. The van der Waals surface area contributed by atoms with Gasteiger partial charge < -0.3 is 14.6 Å². The highest BCUT2D eigenvalue weighted by Gasteiger charge is 2.42. The molecule has 0 aromatic rings. The van der Waals surface area contributed by atoms with Crippen LogP contribution < -0.4 is 0 Å². The van der Waals surface area contributed by atoms with Crippen LogP contribution in [0.15, 0.2) is 0 Å². The molecular weight excluding hydrogens is 180 g/mol. The highest BCUT2D eigenvalue weighted by atomic mass is 16.7.